The molecule has 1 aliphatic rings. The van der Waals surface area contributed by atoms with Gasteiger partial charge in [-0.15, -0.1) is 11.3 Å². The van der Waals surface area contributed by atoms with Crippen LogP contribution in [-0.4, -0.2) is 15.2 Å². The third-order valence-corrected chi connectivity index (χ3v) is 5.15. The Morgan fingerprint density at radius 2 is 2.13 bits per heavy atom. The van der Waals surface area contributed by atoms with Crippen LogP contribution in [0.25, 0.3) is 33.1 Å². The molecule has 4 aromatic rings. The maximum Gasteiger partial charge on any atom is 0.169 e. The van der Waals surface area contributed by atoms with Crippen LogP contribution in [0.1, 0.15) is 22.5 Å². The Kier molecular flexibility index (Phi) is 2.58. The first-order valence-electron chi connectivity index (χ1n) is 7.50. The summed E-state index contributed by atoms with van der Waals surface area (Å²) >= 11 is 1.67. The summed E-state index contributed by atoms with van der Waals surface area (Å²) in [5.74, 6) is 0.147. The van der Waals surface area contributed by atoms with Crippen molar-refractivity contribution < 1.29 is 4.79 Å². The number of allylic oxidation sites excluding steroid dienone is 1. The van der Waals surface area contributed by atoms with Gasteiger partial charge in [0.1, 0.15) is 5.69 Å². The van der Waals surface area contributed by atoms with Gasteiger partial charge in [0.25, 0.3) is 0 Å². The number of carbonyl (C=O) groups is 1. The van der Waals surface area contributed by atoms with Gasteiger partial charge in [-0.1, -0.05) is 18.2 Å². The van der Waals surface area contributed by atoms with Crippen molar-refractivity contribution in [3.63, 3.8) is 0 Å². The molecule has 0 saturated heterocycles. The van der Waals surface area contributed by atoms with E-state index in [1.807, 2.05) is 36.5 Å². The topological polar surface area (TPSA) is 34.4 Å². The number of rotatable bonds is 1. The highest BCUT2D eigenvalue weighted by Gasteiger charge is 2.23. The number of Topliss-reactive ketones (excluding diaryl/α,β-unsaturated/α-hetero) is 1. The zero-order valence-corrected chi connectivity index (χ0v) is 13.0. The maximum atomic E-state index is 12.5. The number of ketones is 1. The summed E-state index contributed by atoms with van der Waals surface area (Å²) in [5, 5.41) is 3.05. The summed E-state index contributed by atoms with van der Waals surface area (Å²) < 4.78 is 2.13. The highest BCUT2D eigenvalue weighted by atomic mass is 32.1. The lowest BCUT2D eigenvalue weighted by atomic mass is 9.96. The molecule has 0 atom stereocenters. The zero-order chi connectivity index (χ0) is 15.4. The van der Waals surface area contributed by atoms with Crippen LogP contribution in [0.15, 0.2) is 54.1 Å². The quantitative estimate of drug-likeness (QED) is 0.505. The molecule has 0 N–H and O–H groups in total. The van der Waals surface area contributed by atoms with E-state index in [9.17, 15) is 4.79 Å². The second-order valence-corrected chi connectivity index (χ2v) is 6.58. The van der Waals surface area contributed by atoms with Gasteiger partial charge in [-0.25, -0.2) is 4.98 Å². The van der Waals surface area contributed by atoms with Crippen LogP contribution in [0.2, 0.25) is 0 Å². The smallest absolute Gasteiger partial charge is 0.169 e. The molecule has 0 radical (unpaired) electrons. The van der Waals surface area contributed by atoms with Crippen molar-refractivity contribution in [2.45, 2.75) is 6.42 Å². The number of hydrogen-bond donors (Lipinski definition) is 0. The summed E-state index contributed by atoms with van der Waals surface area (Å²) in [6.45, 7) is 0. The van der Waals surface area contributed by atoms with Crippen LogP contribution in [0.4, 0.5) is 0 Å². The van der Waals surface area contributed by atoms with E-state index in [4.69, 9.17) is 4.98 Å². The molecule has 0 amide bonds. The first kappa shape index (κ1) is 12.8. The molecule has 0 saturated carbocycles. The molecule has 4 heteroatoms. The van der Waals surface area contributed by atoms with Crippen molar-refractivity contribution in [2.75, 3.05) is 0 Å². The van der Waals surface area contributed by atoms with Gasteiger partial charge >= 0.3 is 0 Å². The van der Waals surface area contributed by atoms with Gasteiger partial charge < -0.3 is 4.40 Å². The molecule has 0 aromatic carbocycles. The molecule has 5 rings (SSSR count). The minimum absolute atomic E-state index is 0.147. The monoisotopic (exact) mass is 316 g/mol. The fourth-order valence-electron chi connectivity index (χ4n) is 3.30. The van der Waals surface area contributed by atoms with Gasteiger partial charge in [0, 0.05) is 23.5 Å². The molecule has 1 aliphatic carbocycles. The van der Waals surface area contributed by atoms with Crippen LogP contribution < -0.4 is 0 Å². The molecule has 23 heavy (non-hydrogen) atoms. The van der Waals surface area contributed by atoms with Crippen molar-refractivity contribution in [1.29, 1.82) is 0 Å². The van der Waals surface area contributed by atoms with Gasteiger partial charge in [0.05, 0.1) is 21.7 Å². The Morgan fingerprint density at radius 3 is 3.00 bits per heavy atom. The first-order chi connectivity index (χ1) is 11.3. The van der Waals surface area contributed by atoms with E-state index >= 15 is 0 Å². The fourth-order valence-corrected chi connectivity index (χ4v) is 4.02. The number of thiophene rings is 1. The molecule has 110 valence electrons. The number of carbonyl (C=O) groups excluding carboxylic acids is 1. The number of fused-ring (bicyclic) bond motifs is 5. The predicted octanol–water partition coefficient (Wildman–Crippen LogP) is 4.82. The molecular weight excluding hydrogens is 304 g/mol. The Labute approximate surface area is 136 Å². The molecule has 4 aromatic heterocycles. The molecule has 3 nitrogen and oxygen atoms in total. The molecule has 0 bridgehead atoms. The van der Waals surface area contributed by atoms with Crippen molar-refractivity contribution in [3.8, 4) is 10.6 Å². The summed E-state index contributed by atoms with van der Waals surface area (Å²) in [4.78, 5) is 18.4. The van der Waals surface area contributed by atoms with Gasteiger partial charge in [-0.05, 0) is 35.7 Å². The summed E-state index contributed by atoms with van der Waals surface area (Å²) in [6.07, 6.45) is 6.35. The lowest BCUT2D eigenvalue weighted by molar-refractivity contribution is 0.0996. The van der Waals surface area contributed by atoms with E-state index in [2.05, 4.69) is 28.0 Å². The van der Waals surface area contributed by atoms with Crippen LogP contribution in [-0.2, 0) is 0 Å². The van der Waals surface area contributed by atoms with Gasteiger partial charge in [0.2, 0.25) is 0 Å². The molecule has 0 aliphatic heterocycles. The summed E-state index contributed by atoms with van der Waals surface area (Å²) in [5.41, 5.74) is 4.59. The highest BCUT2D eigenvalue weighted by Crippen LogP contribution is 2.37. The molecule has 0 unspecified atom stereocenters. The lowest BCUT2D eigenvalue weighted by Gasteiger charge is -2.13. The van der Waals surface area contributed by atoms with Crippen LogP contribution in [0.5, 0.6) is 0 Å². The third kappa shape index (κ3) is 1.75. The van der Waals surface area contributed by atoms with E-state index in [0.29, 0.717) is 6.42 Å². The minimum atomic E-state index is 0.147. The van der Waals surface area contributed by atoms with E-state index in [-0.39, 0.29) is 5.78 Å². The molecule has 0 fully saturated rings. The van der Waals surface area contributed by atoms with Gasteiger partial charge in [-0.2, -0.15) is 0 Å². The van der Waals surface area contributed by atoms with Crippen LogP contribution >= 0.6 is 11.3 Å². The largest absolute Gasteiger partial charge is 0.315 e. The summed E-state index contributed by atoms with van der Waals surface area (Å²) in [7, 11) is 0. The zero-order valence-electron chi connectivity index (χ0n) is 12.2. The highest BCUT2D eigenvalue weighted by molar-refractivity contribution is 7.13. The number of nitrogens with zero attached hydrogens (tertiary/aromatic N) is 2. The van der Waals surface area contributed by atoms with E-state index in [1.54, 1.807) is 11.3 Å². The van der Waals surface area contributed by atoms with E-state index in [0.717, 1.165) is 38.2 Å². The lowest BCUT2D eigenvalue weighted by Crippen LogP contribution is -2.08. The SMILES string of the molecule is O=C1CC=Cc2nc(-c3cccs3)c3c(cc4ccccn43)c21. The van der Waals surface area contributed by atoms with Gasteiger partial charge in [0.15, 0.2) is 5.78 Å². The number of pyridine rings is 2. The first-order valence-corrected chi connectivity index (χ1v) is 8.38. The second-order valence-electron chi connectivity index (χ2n) is 5.63. The van der Waals surface area contributed by atoms with Crippen LogP contribution in [0, 0.1) is 0 Å². The average Bonchev–Trinajstić information content (AvgIpc) is 3.22. The standard InChI is InChI=1S/C19H12N2OS/c22-15-7-3-6-14-17(15)13-11-12-5-1-2-9-21(12)19(13)18(20-14)16-8-4-10-23-16/h1-6,8-11H,7H2. The number of hydrogen-bond acceptors (Lipinski definition) is 3. The van der Waals surface area contributed by atoms with E-state index < -0.39 is 0 Å². The fraction of sp³-hybridized carbons (Fsp3) is 0.0526. The van der Waals surface area contributed by atoms with Crippen molar-refractivity contribution in [1.82, 2.24) is 9.38 Å². The second kappa shape index (κ2) is 4.64. The average molecular weight is 316 g/mol. The Morgan fingerprint density at radius 1 is 1.17 bits per heavy atom. The Balaban J connectivity index is 2.04. The van der Waals surface area contributed by atoms with Crippen molar-refractivity contribution in [2.24, 2.45) is 0 Å². The minimum Gasteiger partial charge on any atom is -0.315 e. The van der Waals surface area contributed by atoms with Crippen LogP contribution in [0.3, 0.4) is 0 Å². The normalized spacial score (nSPS) is 13.8. The molecule has 4 heterocycles. The van der Waals surface area contributed by atoms with Gasteiger partial charge in [-0.3, -0.25) is 4.79 Å². The predicted molar refractivity (Wildman–Crippen MR) is 94.0 cm³/mol. The van der Waals surface area contributed by atoms with Crippen molar-refractivity contribution in [3.05, 3.63) is 65.3 Å². The molecule has 0 spiro atoms. The Bertz CT molecular complexity index is 1100. The summed E-state index contributed by atoms with van der Waals surface area (Å²) in [6, 6.07) is 12.3. The third-order valence-electron chi connectivity index (χ3n) is 4.27. The van der Waals surface area contributed by atoms with E-state index in [1.165, 1.54) is 0 Å². The number of aromatic nitrogens is 2. The Hall–Kier alpha value is -2.72. The molecular formula is C19H12N2OS. The van der Waals surface area contributed by atoms with Crippen molar-refractivity contribution >= 4 is 39.6 Å². The maximum absolute atomic E-state index is 12.5.